The predicted octanol–water partition coefficient (Wildman–Crippen LogP) is 13.9. The Labute approximate surface area is 296 Å². The second-order valence-electron chi connectivity index (χ2n) is 17.1. The van der Waals surface area contributed by atoms with Crippen LogP contribution in [0.25, 0.3) is 33.0 Å². The lowest BCUT2D eigenvalue weighted by Gasteiger charge is -2.39. The van der Waals surface area contributed by atoms with Gasteiger partial charge in [0.2, 0.25) is 0 Å². The molecule has 0 bridgehead atoms. The van der Waals surface area contributed by atoms with Crippen LogP contribution in [0.5, 0.6) is 0 Å². The van der Waals surface area contributed by atoms with E-state index >= 15 is 0 Å². The molecule has 0 N–H and O–H groups in total. The summed E-state index contributed by atoms with van der Waals surface area (Å²) >= 11 is 0. The average Bonchev–Trinajstić information content (AvgIpc) is 3.61. The van der Waals surface area contributed by atoms with E-state index in [1.54, 1.807) is 39.0 Å². The molecular weight excluding hydrogens is 589 g/mol. The van der Waals surface area contributed by atoms with Gasteiger partial charge in [-0.1, -0.05) is 154 Å². The Morgan fingerprint density at radius 2 is 1.31 bits per heavy atom. The molecule has 0 amide bonds. The lowest BCUT2D eigenvalue weighted by molar-refractivity contribution is 0.491. The quantitative estimate of drug-likeness (QED) is 0.188. The topological polar surface area (TPSA) is 0 Å². The van der Waals surface area contributed by atoms with Gasteiger partial charge in [-0.05, 0) is 127 Å². The van der Waals surface area contributed by atoms with E-state index in [2.05, 4.69) is 148 Å². The monoisotopic (exact) mass is 644 g/mol. The van der Waals surface area contributed by atoms with Gasteiger partial charge < -0.3 is 0 Å². The SMILES string of the molecule is CCC(CC)C1=CC2(CC(C(CC)CC)=C1)c1ccc3c(c1-c1ccc4cc(C(C)C)ccc4c12)C(C)(C)C1=C3C(C)(C)c2ccccc21. The molecule has 0 aliphatic heterocycles. The van der Waals surface area contributed by atoms with Crippen LogP contribution in [0.2, 0.25) is 0 Å². The lowest BCUT2D eigenvalue weighted by Crippen LogP contribution is -2.30. The fraction of sp³-hybridized carbons (Fsp3) is 0.429. The molecule has 4 aliphatic rings. The highest BCUT2D eigenvalue weighted by Crippen LogP contribution is 2.67. The van der Waals surface area contributed by atoms with Crippen molar-refractivity contribution in [2.45, 2.75) is 124 Å². The minimum atomic E-state index is -0.181. The number of allylic oxidation sites excluding steroid dienone is 6. The van der Waals surface area contributed by atoms with Crippen LogP contribution in [0.1, 0.15) is 146 Å². The van der Waals surface area contributed by atoms with Crippen molar-refractivity contribution in [1.82, 2.24) is 0 Å². The number of rotatable bonds is 7. The van der Waals surface area contributed by atoms with E-state index in [1.165, 1.54) is 69.8 Å². The molecule has 4 aromatic carbocycles. The first-order valence-electron chi connectivity index (χ1n) is 19.5. The molecule has 0 heteroatoms. The summed E-state index contributed by atoms with van der Waals surface area (Å²) in [5.41, 5.74) is 19.5. The molecule has 1 atom stereocenters. The highest BCUT2D eigenvalue weighted by molar-refractivity contribution is 6.12. The maximum absolute atomic E-state index is 2.78. The Bertz CT molecular complexity index is 2110. The molecule has 4 aromatic rings. The summed E-state index contributed by atoms with van der Waals surface area (Å²) < 4.78 is 0. The van der Waals surface area contributed by atoms with E-state index < -0.39 is 0 Å². The number of benzene rings is 4. The molecule has 0 heterocycles. The van der Waals surface area contributed by atoms with Gasteiger partial charge in [-0.2, -0.15) is 0 Å². The molecule has 0 fully saturated rings. The van der Waals surface area contributed by atoms with Crippen molar-refractivity contribution in [3.63, 3.8) is 0 Å². The van der Waals surface area contributed by atoms with Gasteiger partial charge in [0.15, 0.2) is 0 Å². The summed E-state index contributed by atoms with van der Waals surface area (Å²) in [6.07, 6.45) is 11.3. The Hall–Kier alpha value is -3.64. The molecule has 0 saturated heterocycles. The predicted molar refractivity (Wildman–Crippen MR) is 212 cm³/mol. The average molecular weight is 645 g/mol. The largest absolute Gasteiger partial charge is 0.0657 e. The normalized spacial score (nSPS) is 21.0. The minimum Gasteiger partial charge on any atom is -0.0657 e. The maximum atomic E-state index is 2.78. The first-order valence-corrected chi connectivity index (χ1v) is 19.5. The van der Waals surface area contributed by atoms with Crippen LogP contribution in [0.15, 0.2) is 90.0 Å². The first kappa shape index (κ1) is 32.6. The van der Waals surface area contributed by atoms with Crippen LogP contribution < -0.4 is 0 Å². The van der Waals surface area contributed by atoms with Crippen LogP contribution in [0, 0.1) is 11.8 Å². The molecule has 4 aliphatic carbocycles. The van der Waals surface area contributed by atoms with E-state index in [-0.39, 0.29) is 16.2 Å². The van der Waals surface area contributed by atoms with E-state index in [9.17, 15) is 0 Å². The van der Waals surface area contributed by atoms with Crippen molar-refractivity contribution in [2.75, 3.05) is 0 Å². The molecule has 49 heavy (non-hydrogen) atoms. The summed E-state index contributed by atoms with van der Waals surface area (Å²) in [5.74, 6) is 1.69. The molecule has 8 rings (SSSR count). The highest BCUT2D eigenvalue weighted by atomic mass is 14.6. The molecule has 1 unspecified atom stereocenters. The number of hydrogen-bond acceptors (Lipinski definition) is 0. The smallest absolute Gasteiger partial charge is 0.0443 e. The van der Waals surface area contributed by atoms with E-state index in [4.69, 9.17) is 0 Å². The summed E-state index contributed by atoms with van der Waals surface area (Å²) in [5, 5.41) is 2.83. The zero-order chi connectivity index (χ0) is 34.6. The van der Waals surface area contributed by atoms with Crippen LogP contribution in [-0.4, -0.2) is 0 Å². The molecule has 1 spiro atoms. The third kappa shape index (κ3) is 4.28. The Morgan fingerprint density at radius 3 is 2.00 bits per heavy atom. The first-order chi connectivity index (χ1) is 23.4. The Kier molecular flexibility index (Phi) is 7.43. The molecule has 0 aromatic heterocycles. The van der Waals surface area contributed by atoms with E-state index in [0.29, 0.717) is 17.8 Å². The van der Waals surface area contributed by atoms with Gasteiger partial charge in [-0.3, -0.25) is 0 Å². The van der Waals surface area contributed by atoms with Crippen LogP contribution >= 0.6 is 0 Å². The summed E-state index contributed by atoms with van der Waals surface area (Å²) in [6.45, 7) is 24.2. The highest BCUT2D eigenvalue weighted by Gasteiger charge is 2.54. The van der Waals surface area contributed by atoms with E-state index in [0.717, 1.165) is 6.42 Å². The molecule has 0 radical (unpaired) electrons. The standard InChI is InChI=1S/C49H56/c1-11-30(12-2)34-26-35(31(13-3)14-4)28-49(27-34)41-24-23-39-44(48(9,10)45-37-17-15-16-18-40(37)47(7,8)46(39)45)42(41)38-22-20-33-25-32(29(5)6)19-21-36(33)43(38)49/h15-27,29-31H,11-14,28H2,1-10H3. The zero-order valence-corrected chi connectivity index (χ0v) is 31.8. The third-order valence-corrected chi connectivity index (χ3v) is 13.6. The van der Waals surface area contributed by atoms with E-state index in [1.807, 2.05) is 0 Å². The van der Waals surface area contributed by atoms with Crippen molar-refractivity contribution in [1.29, 1.82) is 0 Å². The Morgan fingerprint density at radius 1 is 0.633 bits per heavy atom. The Balaban J connectivity index is 1.47. The van der Waals surface area contributed by atoms with Gasteiger partial charge in [-0.15, -0.1) is 0 Å². The van der Waals surface area contributed by atoms with Gasteiger partial charge in [0.1, 0.15) is 0 Å². The molecule has 0 saturated carbocycles. The minimum absolute atomic E-state index is 0.0306. The number of hydrogen-bond donors (Lipinski definition) is 0. The fourth-order valence-corrected chi connectivity index (χ4v) is 11.1. The number of fused-ring (bicyclic) bond motifs is 12. The van der Waals surface area contributed by atoms with Gasteiger partial charge in [0.25, 0.3) is 0 Å². The van der Waals surface area contributed by atoms with Crippen LogP contribution in [0.3, 0.4) is 0 Å². The summed E-state index contributed by atoms with van der Waals surface area (Å²) in [4.78, 5) is 0. The molecule has 252 valence electrons. The molecule has 0 nitrogen and oxygen atoms in total. The zero-order valence-electron chi connectivity index (χ0n) is 31.8. The van der Waals surface area contributed by atoms with Crippen molar-refractivity contribution < 1.29 is 0 Å². The van der Waals surface area contributed by atoms with Crippen molar-refractivity contribution in [3.8, 4) is 11.1 Å². The van der Waals surface area contributed by atoms with Crippen molar-refractivity contribution in [2.24, 2.45) is 11.8 Å². The molecular formula is C49H56. The van der Waals surface area contributed by atoms with Crippen molar-refractivity contribution in [3.05, 3.63) is 129 Å². The van der Waals surface area contributed by atoms with Gasteiger partial charge in [0.05, 0.1) is 0 Å². The van der Waals surface area contributed by atoms with Crippen LogP contribution in [-0.2, 0) is 16.2 Å². The van der Waals surface area contributed by atoms with Gasteiger partial charge >= 0.3 is 0 Å². The van der Waals surface area contributed by atoms with Crippen molar-refractivity contribution >= 4 is 21.9 Å². The lowest BCUT2D eigenvalue weighted by atomic mass is 9.64. The summed E-state index contributed by atoms with van der Waals surface area (Å²) in [7, 11) is 0. The summed E-state index contributed by atoms with van der Waals surface area (Å²) in [6, 6.07) is 26.7. The second-order valence-corrected chi connectivity index (χ2v) is 17.1. The third-order valence-electron chi connectivity index (χ3n) is 13.6. The van der Waals surface area contributed by atoms with Gasteiger partial charge in [0, 0.05) is 16.2 Å². The fourth-order valence-electron chi connectivity index (χ4n) is 11.1. The van der Waals surface area contributed by atoms with Gasteiger partial charge in [-0.25, -0.2) is 0 Å². The van der Waals surface area contributed by atoms with Crippen LogP contribution in [0.4, 0.5) is 0 Å². The maximum Gasteiger partial charge on any atom is 0.0443 e. The second kappa shape index (κ2) is 11.2.